The summed E-state index contributed by atoms with van der Waals surface area (Å²) in [5.74, 6) is 0.833. The van der Waals surface area contributed by atoms with E-state index in [2.05, 4.69) is 34.1 Å². The maximum absolute atomic E-state index is 4.32. The lowest BCUT2D eigenvalue weighted by Crippen LogP contribution is -2.18. The van der Waals surface area contributed by atoms with E-state index in [1.807, 2.05) is 11.6 Å². The van der Waals surface area contributed by atoms with Crippen molar-refractivity contribution < 1.29 is 0 Å². The molecule has 0 saturated carbocycles. The fourth-order valence-electron chi connectivity index (χ4n) is 1.74. The fraction of sp³-hybridized carbons (Fsp3) is 0.545. The largest absolute Gasteiger partial charge is 0.365 e. The van der Waals surface area contributed by atoms with Crippen LogP contribution in [0.25, 0.3) is 11.2 Å². The van der Waals surface area contributed by atoms with Crippen molar-refractivity contribution in [3.63, 3.8) is 0 Å². The van der Waals surface area contributed by atoms with Crippen molar-refractivity contribution in [1.29, 1.82) is 0 Å². The highest BCUT2D eigenvalue weighted by atomic mass is 15.1. The summed E-state index contributed by atoms with van der Waals surface area (Å²) in [6, 6.07) is 0.445. The van der Waals surface area contributed by atoms with Gasteiger partial charge in [0.05, 0.1) is 6.33 Å². The number of hydrogen-bond acceptors (Lipinski definition) is 4. The van der Waals surface area contributed by atoms with Gasteiger partial charge < -0.3 is 9.88 Å². The van der Waals surface area contributed by atoms with E-state index >= 15 is 0 Å². The normalized spacial score (nSPS) is 11.2. The summed E-state index contributed by atoms with van der Waals surface area (Å²) in [5.41, 5.74) is 1.71. The summed E-state index contributed by atoms with van der Waals surface area (Å²) >= 11 is 0. The molecule has 0 saturated heterocycles. The van der Waals surface area contributed by atoms with Crippen LogP contribution >= 0.6 is 0 Å². The Labute approximate surface area is 94.9 Å². The number of anilines is 1. The molecule has 2 rings (SSSR count). The van der Waals surface area contributed by atoms with Gasteiger partial charge in [-0.3, -0.25) is 0 Å². The van der Waals surface area contributed by atoms with Crippen LogP contribution < -0.4 is 5.32 Å². The highest BCUT2D eigenvalue weighted by Gasteiger charge is 2.10. The van der Waals surface area contributed by atoms with Crippen LogP contribution in [0.3, 0.4) is 0 Å². The zero-order valence-corrected chi connectivity index (χ0v) is 9.94. The van der Waals surface area contributed by atoms with Gasteiger partial charge in [-0.25, -0.2) is 15.0 Å². The quantitative estimate of drug-likeness (QED) is 0.854. The monoisotopic (exact) mass is 219 g/mol. The Morgan fingerprint density at radius 2 is 2.00 bits per heavy atom. The van der Waals surface area contributed by atoms with Crippen molar-refractivity contribution in [3.05, 3.63) is 12.7 Å². The molecule has 0 aliphatic heterocycles. The van der Waals surface area contributed by atoms with Gasteiger partial charge in [0, 0.05) is 13.1 Å². The minimum atomic E-state index is 0.445. The van der Waals surface area contributed by atoms with Crippen LogP contribution in [-0.2, 0) is 7.05 Å². The first-order chi connectivity index (χ1) is 7.76. The first-order valence-corrected chi connectivity index (χ1v) is 5.64. The molecule has 5 nitrogen and oxygen atoms in total. The summed E-state index contributed by atoms with van der Waals surface area (Å²) in [5, 5.41) is 3.41. The molecule has 2 aromatic heterocycles. The predicted molar refractivity (Wildman–Crippen MR) is 64.3 cm³/mol. The first kappa shape index (κ1) is 10.9. The topological polar surface area (TPSA) is 55.6 Å². The Morgan fingerprint density at radius 1 is 1.25 bits per heavy atom. The molecule has 5 heteroatoms. The molecule has 86 valence electrons. The van der Waals surface area contributed by atoms with Crippen LogP contribution in [0.4, 0.5) is 5.82 Å². The van der Waals surface area contributed by atoms with Gasteiger partial charge in [0.1, 0.15) is 11.8 Å². The van der Waals surface area contributed by atoms with Gasteiger partial charge in [-0.05, 0) is 12.8 Å². The maximum Gasteiger partial charge on any atom is 0.165 e. The number of aryl methyl sites for hydroxylation is 1. The molecule has 2 heterocycles. The number of fused-ring (bicyclic) bond motifs is 1. The maximum atomic E-state index is 4.32. The van der Waals surface area contributed by atoms with Crippen LogP contribution in [0.15, 0.2) is 12.7 Å². The second kappa shape index (κ2) is 4.47. The molecule has 0 aliphatic carbocycles. The number of nitrogens with one attached hydrogen (secondary N) is 1. The molecule has 0 spiro atoms. The lowest BCUT2D eigenvalue weighted by atomic mass is 10.2. The van der Waals surface area contributed by atoms with E-state index in [0.29, 0.717) is 6.04 Å². The minimum Gasteiger partial charge on any atom is -0.365 e. The Bertz CT molecular complexity index is 472. The van der Waals surface area contributed by atoms with Gasteiger partial charge >= 0.3 is 0 Å². The smallest absolute Gasteiger partial charge is 0.165 e. The number of hydrogen-bond donors (Lipinski definition) is 1. The van der Waals surface area contributed by atoms with Crippen LogP contribution in [0.2, 0.25) is 0 Å². The van der Waals surface area contributed by atoms with E-state index in [9.17, 15) is 0 Å². The summed E-state index contributed by atoms with van der Waals surface area (Å²) in [4.78, 5) is 12.8. The van der Waals surface area contributed by atoms with Crippen molar-refractivity contribution in [2.24, 2.45) is 7.05 Å². The zero-order chi connectivity index (χ0) is 11.5. The second-order valence-corrected chi connectivity index (χ2v) is 3.91. The molecule has 0 aromatic carbocycles. The number of aromatic nitrogens is 4. The Kier molecular flexibility index (Phi) is 3.03. The van der Waals surface area contributed by atoms with Crippen molar-refractivity contribution in [2.45, 2.75) is 32.7 Å². The standard InChI is InChI=1S/C11H17N5/c1-4-8(5-2)15-10-9-11(13-6-12-10)16(3)7-14-9/h6-8H,4-5H2,1-3H3,(H,12,13,15). The van der Waals surface area contributed by atoms with Crippen LogP contribution in [0.5, 0.6) is 0 Å². The lowest BCUT2D eigenvalue weighted by Gasteiger charge is -2.15. The molecule has 2 aromatic rings. The van der Waals surface area contributed by atoms with Crippen molar-refractivity contribution >= 4 is 17.0 Å². The molecule has 0 bridgehead atoms. The molecule has 0 unspecified atom stereocenters. The Hall–Kier alpha value is -1.65. The highest BCUT2D eigenvalue weighted by Crippen LogP contribution is 2.18. The zero-order valence-electron chi connectivity index (χ0n) is 9.94. The van der Waals surface area contributed by atoms with Crippen molar-refractivity contribution in [3.8, 4) is 0 Å². The molecule has 0 atom stereocenters. The van der Waals surface area contributed by atoms with Crippen LogP contribution in [0, 0.1) is 0 Å². The van der Waals surface area contributed by atoms with Gasteiger partial charge in [-0.1, -0.05) is 13.8 Å². The van der Waals surface area contributed by atoms with Crippen molar-refractivity contribution in [2.75, 3.05) is 5.32 Å². The van der Waals surface area contributed by atoms with E-state index in [1.165, 1.54) is 0 Å². The molecule has 0 fully saturated rings. The average Bonchev–Trinajstić information content (AvgIpc) is 2.69. The van der Waals surface area contributed by atoms with Gasteiger partial charge in [0.2, 0.25) is 0 Å². The number of rotatable bonds is 4. The van der Waals surface area contributed by atoms with Gasteiger partial charge in [-0.15, -0.1) is 0 Å². The Balaban J connectivity index is 2.37. The molecule has 16 heavy (non-hydrogen) atoms. The molecule has 0 radical (unpaired) electrons. The van der Waals surface area contributed by atoms with Crippen LogP contribution in [0.1, 0.15) is 26.7 Å². The van der Waals surface area contributed by atoms with E-state index < -0.39 is 0 Å². The molecule has 0 aliphatic rings. The lowest BCUT2D eigenvalue weighted by molar-refractivity contribution is 0.669. The van der Waals surface area contributed by atoms with Crippen molar-refractivity contribution in [1.82, 2.24) is 19.5 Å². The number of imidazole rings is 1. The van der Waals surface area contributed by atoms with E-state index in [1.54, 1.807) is 12.7 Å². The van der Waals surface area contributed by atoms with Gasteiger partial charge in [0.25, 0.3) is 0 Å². The summed E-state index contributed by atoms with van der Waals surface area (Å²) in [6.07, 6.45) is 5.50. The molecular weight excluding hydrogens is 202 g/mol. The molecule has 1 N–H and O–H groups in total. The first-order valence-electron chi connectivity index (χ1n) is 5.64. The highest BCUT2D eigenvalue weighted by molar-refractivity contribution is 5.82. The summed E-state index contributed by atoms with van der Waals surface area (Å²) in [7, 11) is 1.93. The van der Waals surface area contributed by atoms with Gasteiger partial charge in [-0.2, -0.15) is 0 Å². The number of nitrogens with zero attached hydrogens (tertiary/aromatic N) is 4. The molecule has 0 amide bonds. The van der Waals surface area contributed by atoms with Crippen LogP contribution in [-0.4, -0.2) is 25.6 Å². The third kappa shape index (κ3) is 1.85. The van der Waals surface area contributed by atoms with Gasteiger partial charge in [0.15, 0.2) is 11.5 Å². The second-order valence-electron chi connectivity index (χ2n) is 3.91. The predicted octanol–water partition coefficient (Wildman–Crippen LogP) is 1.96. The third-order valence-corrected chi connectivity index (χ3v) is 2.82. The SMILES string of the molecule is CCC(CC)Nc1ncnc2c1ncn2C. The Morgan fingerprint density at radius 3 is 2.69 bits per heavy atom. The molecular formula is C11H17N5. The summed E-state index contributed by atoms with van der Waals surface area (Å²) in [6.45, 7) is 4.33. The fourth-order valence-corrected chi connectivity index (χ4v) is 1.74. The average molecular weight is 219 g/mol. The van der Waals surface area contributed by atoms with E-state index in [4.69, 9.17) is 0 Å². The van der Waals surface area contributed by atoms with E-state index in [0.717, 1.165) is 29.8 Å². The summed E-state index contributed by atoms with van der Waals surface area (Å²) < 4.78 is 1.90. The third-order valence-electron chi connectivity index (χ3n) is 2.82. The van der Waals surface area contributed by atoms with E-state index in [-0.39, 0.29) is 0 Å². The minimum absolute atomic E-state index is 0.445.